The van der Waals surface area contributed by atoms with E-state index in [0.717, 1.165) is 11.1 Å². The minimum Gasteiger partial charge on any atom is -0.508 e. The van der Waals surface area contributed by atoms with Gasteiger partial charge in [-0.1, -0.05) is 91.0 Å². The van der Waals surface area contributed by atoms with Gasteiger partial charge in [0.05, 0.1) is 18.0 Å². The van der Waals surface area contributed by atoms with Crippen LogP contribution >= 0.6 is 0 Å². The van der Waals surface area contributed by atoms with Crippen molar-refractivity contribution in [1.82, 2.24) is 19.8 Å². The smallest absolute Gasteiger partial charge is 0.324 e. The van der Waals surface area contributed by atoms with Crippen molar-refractivity contribution in [3.63, 3.8) is 0 Å². The lowest BCUT2D eigenvalue weighted by Gasteiger charge is -2.46. The number of morpholine rings is 1. The molecule has 4 aliphatic heterocycles. The highest BCUT2D eigenvalue weighted by atomic mass is 16.6. The topological polar surface area (TPSA) is 128 Å². The second-order valence-corrected chi connectivity index (χ2v) is 13.7. The van der Waals surface area contributed by atoms with Gasteiger partial charge in [-0.2, -0.15) is 0 Å². The Hall–Kier alpha value is -6.07. The highest BCUT2D eigenvalue weighted by molar-refractivity contribution is 6.12. The summed E-state index contributed by atoms with van der Waals surface area (Å²) < 4.78 is 6.48. The van der Waals surface area contributed by atoms with Crippen LogP contribution < -0.4 is 10.2 Å². The van der Waals surface area contributed by atoms with Crippen LogP contribution in [-0.4, -0.2) is 74.9 Å². The Morgan fingerprint density at radius 1 is 0.731 bits per heavy atom. The molecule has 4 aromatic carbocycles. The minimum atomic E-state index is -1.54. The summed E-state index contributed by atoms with van der Waals surface area (Å²) in [4.78, 5) is 60.0. The van der Waals surface area contributed by atoms with E-state index in [0.29, 0.717) is 48.9 Å². The van der Waals surface area contributed by atoms with E-state index in [1.807, 2.05) is 89.8 Å². The average Bonchev–Trinajstić information content (AvgIpc) is 3.67. The molecule has 0 saturated carbocycles. The molecule has 5 heterocycles. The summed E-state index contributed by atoms with van der Waals surface area (Å²) in [6.07, 6.45) is 2.64. The van der Waals surface area contributed by atoms with E-state index in [2.05, 4.69) is 20.2 Å². The van der Waals surface area contributed by atoms with Gasteiger partial charge in [-0.05, 0) is 46.5 Å². The largest absolute Gasteiger partial charge is 0.508 e. The van der Waals surface area contributed by atoms with E-state index in [4.69, 9.17) is 4.74 Å². The van der Waals surface area contributed by atoms with Crippen LogP contribution in [0.25, 0.3) is 0 Å². The molecule has 0 aliphatic carbocycles. The third-order valence-corrected chi connectivity index (χ3v) is 11.1. The zero-order valence-corrected chi connectivity index (χ0v) is 28.2. The molecule has 0 bridgehead atoms. The van der Waals surface area contributed by atoms with Gasteiger partial charge in [0.2, 0.25) is 17.8 Å². The van der Waals surface area contributed by atoms with Crippen molar-refractivity contribution >= 4 is 29.4 Å². The number of aromatic nitrogens is 2. The van der Waals surface area contributed by atoms with Gasteiger partial charge >= 0.3 is 5.97 Å². The molecule has 2 N–H and O–H groups in total. The van der Waals surface area contributed by atoms with Crippen molar-refractivity contribution in [2.24, 2.45) is 5.92 Å². The first-order valence-electron chi connectivity index (χ1n) is 17.6. The number of ether oxygens (including phenoxy) is 1. The highest BCUT2D eigenvalue weighted by Gasteiger charge is 2.74. The predicted molar refractivity (Wildman–Crippen MR) is 192 cm³/mol. The standard InChI is InChI=1S/C41H36N6O5/c48-29-18-16-28(17-19-29)36-41(30-14-7-8-15-31(30)44-39(41)51)32(37(49)45-22-24-46(25-23-45)40-42-20-9-21-43-40)34-38(50)52-35(27-12-5-2-6-13-27)33(47(34)36)26-10-3-1-4-11-26/h1-21,32-36,48H,22-25H2,(H,44,51)/t32-,33-,34-,35+,36+,41-/m1/s1. The number of amides is 2. The van der Waals surface area contributed by atoms with Gasteiger partial charge in [-0.25, -0.2) is 9.97 Å². The van der Waals surface area contributed by atoms with Gasteiger partial charge in [-0.3, -0.25) is 19.3 Å². The van der Waals surface area contributed by atoms with Crippen molar-refractivity contribution in [3.05, 3.63) is 150 Å². The predicted octanol–water partition coefficient (Wildman–Crippen LogP) is 4.80. The first kappa shape index (κ1) is 31.9. The lowest BCUT2D eigenvalue weighted by molar-refractivity contribution is -0.179. The van der Waals surface area contributed by atoms with Gasteiger partial charge in [0, 0.05) is 44.3 Å². The molecule has 11 heteroatoms. The van der Waals surface area contributed by atoms with Crippen molar-refractivity contribution < 1.29 is 24.2 Å². The number of benzene rings is 4. The molecule has 0 unspecified atom stereocenters. The monoisotopic (exact) mass is 692 g/mol. The Morgan fingerprint density at radius 3 is 2.06 bits per heavy atom. The summed E-state index contributed by atoms with van der Waals surface area (Å²) in [6.45, 7) is 1.68. The SMILES string of the molecule is O=C1O[C@@H](c2ccccc2)[C@@H](c2ccccc2)N2[C@@H](c3ccc(O)cc3)[C@]3(C(=O)Nc4ccccc43)[C@@H](C(=O)N3CCN(c4ncccn4)CC3)[C@H]12. The van der Waals surface area contributed by atoms with Gasteiger partial charge in [0.15, 0.2) is 0 Å². The van der Waals surface area contributed by atoms with E-state index >= 15 is 9.59 Å². The molecule has 52 heavy (non-hydrogen) atoms. The van der Waals surface area contributed by atoms with Crippen molar-refractivity contribution in [1.29, 1.82) is 0 Å². The molecule has 11 nitrogen and oxygen atoms in total. The number of aromatic hydroxyl groups is 1. The molecule has 5 aromatic rings. The quantitative estimate of drug-likeness (QED) is 0.250. The number of hydrogen-bond donors (Lipinski definition) is 2. The van der Waals surface area contributed by atoms with E-state index in [9.17, 15) is 9.90 Å². The van der Waals surface area contributed by atoms with Crippen LogP contribution in [0.4, 0.5) is 11.6 Å². The number of anilines is 2. The van der Waals surface area contributed by atoms with Gasteiger partial charge < -0.3 is 25.0 Å². The summed E-state index contributed by atoms with van der Waals surface area (Å²) in [6, 6.07) is 32.9. The van der Waals surface area contributed by atoms with E-state index < -0.39 is 41.5 Å². The van der Waals surface area contributed by atoms with E-state index in [1.165, 1.54) is 0 Å². The Labute approximate surface area is 300 Å². The Bertz CT molecular complexity index is 2130. The molecule has 0 radical (unpaired) electrons. The molecule has 6 atom stereocenters. The van der Waals surface area contributed by atoms with Gasteiger partial charge in [0.25, 0.3) is 0 Å². The summed E-state index contributed by atoms with van der Waals surface area (Å²) >= 11 is 0. The van der Waals surface area contributed by atoms with Crippen molar-refractivity contribution in [2.75, 3.05) is 36.4 Å². The van der Waals surface area contributed by atoms with Crippen LogP contribution in [0.1, 0.15) is 40.4 Å². The molecule has 260 valence electrons. The summed E-state index contributed by atoms with van der Waals surface area (Å²) in [5, 5.41) is 13.6. The number of nitrogens with one attached hydrogen (secondary N) is 1. The normalized spacial score (nSPS) is 26.8. The molecule has 4 aliphatic rings. The number of fused-ring (bicyclic) bond motifs is 3. The Morgan fingerprint density at radius 2 is 1.37 bits per heavy atom. The fraction of sp³-hybridized carbons (Fsp3) is 0.244. The summed E-state index contributed by atoms with van der Waals surface area (Å²) in [5.74, 6) is -1.71. The molecule has 2 amide bonds. The number of para-hydroxylation sites is 1. The van der Waals surface area contributed by atoms with Crippen LogP contribution in [0.15, 0.2) is 128 Å². The number of phenolic OH excluding ortho intramolecular Hbond substituents is 1. The summed E-state index contributed by atoms with van der Waals surface area (Å²) in [7, 11) is 0. The fourth-order valence-corrected chi connectivity index (χ4v) is 8.96. The third-order valence-electron chi connectivity index (χ3n) is 11.1. The number of piperazine rings is 1. The highest BCUT2D eigenvalue weighted by Crippen LogP contribution is 2.65. The second-order valence-electron chi connectivity index (χ2n) is 13.7. The Balaban J connectivity index is 1.25. The van der Waals surface area contributed by atoms with Gasteiger partial charge in [0.1, 0.15) is 23.3 Å². The Kier molecular flexibility index (Phi) is 7.73. The number of hydrogen-bond acceptors (Lipinski definition) is 9. The van der Waals surface area contributed by atoms with Crippen LogP contribution in [0, 0.1) is 5.92 Å². The maximum absolute atomic E-state index is 15.4. The number of carbonyl (C=O) groups is 3. The summed E-state index contributed by atoms with van der Waals surface area (Å²) in [5.41, 5.74) is 2.09. The molecule has 9 rings (SSSR count). The average molecular weight is 693 g/mol. The van der Waals surface area contributed by atoms with E-state index in [-0.39, 0.29) is 17.6 Å². The van der Waals surface area contributed by atoms with Crippen LogP contribution in [0.5, 0.6) is 5.75 Å². The first-order chi connectivity index (χ1) is 25.5. The lowest BCUT2D eigenvalue weighted by Crippen LogP contribution is -2.58. The van der Waals surface area contributed by atoms with Crippen LogP contribution in [0.2, 0.25) is 0 Å². The number of phenols is 1. The van der Waals surface area contributed by atoms with E-state index in [1.54, 1.807) is 47.6 Å². The molecular weight excluding hydrogens is 656 g/mol. The molecule has 1 spiro atoms. The first-order valence-corrected chi connectivity index (χ1v) is 17.6. The number of nitrogens with zero attached hydrogens (tertiary/aromatic N) is 5. The molecular formula is C41H36N6O5. The molecule has 3 fully saturated rings. The number of carbonyl (C=O) groups excluding carboxylic acids is 3. The lowest BCUT2D eigenvalue weighted by atomic mass is 9.65. The zero-order chi connectivity index (χ0) is 35.4. The van der Waals surface area contributed by atoms with Crippen molar-refractivity contribution in [3.8, 4) is 5.75 Å². The number of cyclic esters (lactones) is 1. The maximum atomic E-state index is 15.4. The molecule has 3 saturated heterocycles. The number of rotatable bonds is 5. The second kappa shape index (κ2) is 12.6. The fourth-order valence-electron chi connectivity index (χ4n) is 8.96. The van der Waals surface area contributed by atoms with Crippen LogP contribution in [0.3, 0.4) is 0 Å². The van der Waals surface area contributed by atoms with Crippen molar-refractivity contribution in [2.45, 2.75) is 29.6 Å². The third kappa shape index (κ3) is 4.87. The zero-order valence-electron chi connectivity index (χ0n) is 28.2. The molecule has 1 aromatic heterocycles. The maximum Gasteiger partial charge on any atom is 0.324 e. The van der Waals surface area contributed by atoms with Gasteiger partial charge in [-0.15, -0.1) is 0 Å². The minimum absolute atomic E-state index is 0.0661. The number of esters is 1. The van der Waals surface area contributed by atoms with Crippen LogP contribution in [-0.2, 0) is 24.5 Å².